The number of nitrogens with one attached hydrogen (secondary N) is 1. The molecule has 0 radical (unpaired) electrons. The molecule has 7 heteroatoms. The number of hydrogen-bond donors (Lipinski definition) is 1. The van der Waals surface area contributed by atoms with Gasteiger partial charge in [0.1, 0.15) is 12.3 Å². The van der Waals surface area contributed by atoms with E-state index in [1.165, 1.54) is 0 Å². The van der Waals surface area contributed by atoms with Crippen LogP contribution in [0.2, 0.25) is 0 Å². The van der Waals surface area contributed by atoms with Gasteiger partial charge in [0.25, 0.3) is 0 Å². The number of carbonyl (C=O) groups excluding carboxylic acids is 1. The first-order chi connectivity index (χ1) is 13.7. The number of sulfonamides is 1. The zero-order valence-corrected chi connectivity index (χ0v) is 18.5. The highest BCUT2D eigenvalue weighted by atomic mass is 32.2. The maximum atomic E-state index is 12.8. The Morgan fingerprint density at radius 2 is 1.83 bits per heavy atom. The lowest BCUT2D eigenvalue weighted by atomic mass is 9.97. The number of benzene rings is 2. The minimum atomic E-state index is -3.68. The molecule has 0 saturated carbocycles. The van der Waals surface area contributed by atoms with Gasteiger partial charge in [-0.3, -0.25) is 9.10 Å². The van der Waals surface area contributed by atoms with Crippen LogP contribution in [0, 0.1) is 13.8 Å². The van der Waals surface area contributed by atoms with Gasteiger partial charge in [0.15, 0.2) is 0 Å². The Balaban J connectivity index is 2.27. The number of ether oxygens (including phenoxy) is 1. The predicted octanol–water partition coefficient (Wildman–Crippen LogP) is 3.74. The molecule has 29 heavy (non-hydrogen) atoms. The third-order valence-corrected chi connectivity index (χ3v) is 5.79. The van der Waals surface area contributed by atoms with Crippen LogP contribution in [0.1, 0.15) is 43.0 Å². The molecule has 1 unspecified atom stereocenters. The van der Waals surface area contributed by atoms with Crippen LogP contribution in [0.5, 0.6) is 5.75 Å². The normalized spacial score (nSPS) is 12.3. The fraction of sp³-hybridized carbons (Fsp3) is 0.409. The van der Waals surface area contributed by atoms with E-state index >= 15 is 0 Å². The van der Waals surface area contributed by atoms with Gasteiger partial charge in [-0.15, -0.1) is 0 Å². The molecule has 0 spiro atoms. The zero-order chi connectivity index (χ0) is 21.6. The average Bonchev–Trinajstić information content (AvgIpc) is 2.65. The van der Waals surface area contributed by atoms with Crippen molar-refractivity contribution in [3.8, 4) is 5.75 Å². The Morgan fingerprint density at radius 3 is 2.41 bits per heavy atom. The smallest absolute Gasteiger partial charge is 0.241 e. The molecule has 1 N–H and O–H groups in total. The summed E-state index contributed by atoms with van der Waals surface area (Å²) in [5.41, 5.74) is 3.64. The first-order valence-electron chi connectivity index (χ1n) is 9.73. The molecule has 2 aromatic carbocycles. The fourth-order valence-corrected chi connectivity index (χ4v) is 4.17. The maximum Gasteiger partial charge on any atom is 0.241 e. The van der Waals surface area contributed by atoms with Gasteiger partial charge in [-0.1, -0.05) is 42.8 Å². The molecule has 158 valence electrons. The topological polar surface area (TPSA) is 75.7 Å². The highest BCUT2D eigenvalue weighted by molar-refractivity contribution is 7.92. The van der Waals surface area contributed by atoms with Crippen molar-refractivity contribution in [2.75, 3.05) is 23.7 Å². The standard InChI is InChI=1S/C22H30N2O4S/c1-6-19(18-13-12-16(3)14-17(18)4)23-22(25)15-24(29(5,26)27)20-10-8-9-11-21(20)28-7-2/h8-14,19H,6-7,15H2,1-5H3,(H,23,25). The van der Waals surface area contributed by atoms with Gasteiger partial charge >= 0.3 is 0 Å². The SMILES string of the molecule is CCOc1ccccc1N(CC(=O)NC(CC)c1ccc(C)cc1C)S(C)(=O)=O. The van der Waals surface area contributed by atoms with Crippen molar-refractivity contribution in [3.63, 3.8) is 0 Å². The van der Waals surface area contributed by atoms with Gasteiger partial charge < -0.3 is 10.1 Å². The Kier molecular flexibility index (Phi) is 7.67. The van der Waals surface area contributed by atoms with E-state index in [0.29, 0.717) is 24.5 Å². The largest absolute Gasteiger partial charge is 0.492 e. The summed E-state index contributed by atoms with van der Waals surface area (Å²) in [7, 11) is -3.68. The summed E-state index contributed by atoms with van der Waals surface area (Å²) in [5.74, 6) is 0.0585. The third-order valence-electron chi connectivity index (χ3n) is 4.67. The average molecular weight is 419 g/mol. The quantitative estimate of drug-likeness (QED) is 0.673. The summed E-state index contributed by atoms with van der Waals surface area (Å²) < 4.78 is 31.5. The molecule has 0 saturated heterocycles. The Morgan fingerprint density at radius 1 is 1.14 bits per heavy atom. The van der Waals surface area contributed by atoms with Crippen LogP contribution in [0.25, 0.3) is 0 Å². The molecule has 2 aromatic rings. The first-order valence-corrected chi connectivity index (χ1v) is 11.6. The van der Waals surface area contributed by atoms with E-state index in [1.54, 1.807) is 24.3 Å². The van der Waals surface area contributed by atoms with E-state index in [-0.39, 0.29) is 18.5 Å². The van der Waals surface area contributed by atoms with Gasteiger partial charge in [0.2, 0.25) is 15.9 Å². The summed E-state index contributed by atoms with van der Waals surface area (Å²) in [6.07, 6.45) is 1.79. The third kappa shape index (κ3) is 5.97. The molecule has 6 nitrogen and oxygen atoms in total. The van der Waals surface area contributed by atoms with Crippen LogP contribution in [-0.4, -0.2) is 33.7 Å². The molecule has 0 aromatic heterocycles. The van der Waals surface area contributed by atoms with Crippen LogP contribution in [-0.2, 0) is 14.8 Å². The molecule has 0 bridgehead atoms. The molecule has 0 aliphatic rings. The minimum Gasteiger partial charge on any atom is -0.492 e. The van der Waals surface area contributed by atoms with Gasteiger partial charge in [0.05, 0.1) is 24.6 Å². The number of anilines is 1. The first kappa shape index (κ1) is 22.7. The Hall–Kier alpha value is -2.54. The van der Waals surface area contributed by atoms with Crippen LogP contribution in [0.4, 0.5) is 5.69 Å². The predicted molar refractivity (Wildman–Crippen MR) is 117 cm³/mol. The lowest BCUT2D eigenvalue weighted by Gasteiger charge is -2.26. The highest BCUT2D eigenvalue weighted by Crippen LogP contribution is 2.30. The van der Waals surface area contributed by atoms with Crippen LogP contribution >= 0.6 is 0 Å². The fourth-order valence-electron chi connectivity index (χ4n) is 3.31. The lowest BCUT2D eigenvalue weighted by Crippen LogP contribution is -2.41. The maximum absolute atomic E-state index is 12.8. The number of nitrogens with zero attached hydrogens (tertiary/aromatic N) is 1. The summed E-state index contributed by atoms with van der Waals surface area (Å²) in [6, 6.07) is 12.7. The van der Waals surface area contributed by atoms with E-state index in [4.69, 9.17) is 4.74 Å². The second kappa shape index (κ2) is 9.78. The van der Waals surface area contributed by atoms with Crippen molar-refractivity contribution >= 4 is 21.6 Å². The zero-order valence-electron chi connectivity index (χ0n) is 17.7. The second-order valence-corrected chi connectivity index (χ2v) is 8.97. The van der Waals surface area contributed by atoms with E-state index in [0.717, 1.165) is 27.3 Å². The van der Waals surface area contributed by atoms with E-state index < -0.39 is 10.0 Å². The number of amides is 1. The molecule has 0 fully saturated rings. The van der Waals surface area contributed by atoms with E-state index in [2.05, 4.69) is 11.4 Å². The number of hydrogen-bond acceptors (Lipinski definition) is 4. The summed E-state index contributed by atoms with van der Waals surface area (Å²) in [5, 5.41) is 2.98. The highest BCUT2D eigenvalue weighted by Gasteiger charge is 2.25. The van der Waals surface area contributed by atoms with E-state index in [9.17, 15) is 13.2 Å². The van der Waals surface area contributed by atoms with Crippen molar-refractivity contribution in [3.05, 3.63) is 59.2 Å². The molecule has 1 amide bonds. The molecule has 0 aliphatic heterocycles. The molecule has 0 aliphatic carbocycles. The number of rotatable bonds is 9. The van der Waals surface area contributed by atoms with Gasteiger partial charge in [-0.2, -0.15) is 0 Å². The molecule has 0 heterocycles. The lowest BCUT2D eigenvalue weighted by molar-refractivity contribution is -0.120. The van der Waals surface area contributed by atoms with Crippen molar-refractivity contribution < 1.29 is 17.9 Å². The van der Waals surface area contributed by atoms with Gasteiger partial charge in [-0.05, 0) is 50.5 Å². The monoisotopic (exact) mass is 418 g/mol. The van der Waals surface area contributed by atoms with E-state index in [1.807, 2.05) is 39.8 Å². The van der Waals surface area contributed by atoms with Crippen molar-refractivity contribution in [2.45, 2.75) is 40.2 Å². The number of aryl methyl sites for hydroxylation is 2. The van der Waals surface area contributed by atoms with Crippen LogP contribution in [0.15, 0.2) is 42.5 Å². The number of para-hydroxylation sites is 2. The van der Waals surface area contributed by atoms with Gasteiger partial charge in [-0.25, -0.2) is 8.42 Å². The number of carbonyl (C=O) groups is 1. The summed E-state index contributed by atoms with van der Waals surface area (Å²) in [6.45, 7) is 7.93. The Bertz CT molecular complexity index is 957. The van der Waals surface area contributed by atoms with Crippen molar-refractivity contribution in [1.82, 2.24) is 5.32 Å². The molecular weight excluding hydrogens is 388 g/mol. The molecular formula is C22H30N2O4S. The summed E-state index contributed by atoms with van der Waals surface area (Å²) >= 11 is 0. The van der Waals surface area contributed by atoms with Crippen LogP contribution in [0.3, 0.4) is 0 Å². The van der Waals surface area contributed by atoms with Gasteiger partial charge in [0, 0.05) is 0 Å². The molecule has 2 rings (SSSR count). The minimum absolute atomic E-state index is 0.188. The Labute approximate surface area is 173 Å². The second-order valence-electron chi connectivity index (χ2n) is 7.06. The summed E-state index contributed by atoms with van der Waals surface area (Å²) in [4.78, 5) is 12.8. The van der Waals surface area contributed by atoms with Crippen molar-refractivity contribution in [2.24, 2.45) is 0 Å². The molecule has 1 atom stereocenters. The van der Waals surface area contributed by atoms with Crippen LogP contribution < -0.4 is 14.4 Å². The van der Waals surface area contributed by atoms with Crippen molar-refractivity contribution in [1.29, 1.82) is 0 Å².